The third kappa shape index (κ3) is 3.57. The van der Waals surface area contributed by atoms with Crippen LogP contribution in [0.25, 0.3) is 0 Å². The van der Waals surface area contributed by atoms with Crippen LogP contribution in [-0.2, 0) is 30.3 Å². The van der Waals surface area contributed by atoms with Crippen molar-refractivity contribution in [2.45, 2.75) is 25.2 Å². The van der Waals surface area contributed by atoms with Gasteiger partial charge in [-0.3, -0.25) is 4.79 Å². The maximum Gasteiger partial charge on any atom is 0.410 e. The lowest BCUT2D eigenvalue weighted by molar-refractivity contribution is -0.262. The van der Waals surface area contributed by atoms with Gasteiger partial charge in [0.05, 0.1) is 20.3 Å². The van der Waals surface area contributed by atoms with E-state index in [1.54, 1.807) is 6.08 Å². The quantitative estimate of drug-likeness (QED) is 0.582. The van der Waals surface area contributed by atoms with Gasteiger partial charge in [0.2, 0.25) is 0 Å². The minimum atomic E-state index is -1.18. The lowest BCUT2D eigenvalue weighted by atomic mass is 9.71. The van der Waals surface area contributed by atoms with E-state index in [4.69, 9.17) is 18.9 Å². The first-order valence-corrected chi connectivity index (χ1v) is 9.00. The SMILES string of the molecule is C=CCC1(C(=O)OC)CN(C(=O)OCc2ccccc2)CCC12OCCO2. The Morgan fingerprint density at radius 3 is 2.59 bits per heavy atom. The van der Waals surface area contributed by atoms with Crippen LogP contribution < -0.4 is 0 Å². The Balaban J connectivity index is 1.78. The standard InChI is InChI=1S/C20H25NO6/c1-3-9-19(17(22)24-2)15-21(11-10-20(19)26-12-13-27-20)18(23)25-14-16-7-5-4-6-8-16/h3-8H,1,9-15H2,2H3. The molecule has 7 nitrogen and oxygen atoms in total. The molecule has 2 heterocycles. The first-order chi connectivity index (χ1) is 13.1. The number of hydrogen-bond donors (Lipinski definition) is 0. The average molecular weight is 375 g/mol. The summed E-state index contributed by atoms with van der Waals surface area (Å²) in [6.45, 7) is 5.17. The van der Waals surface area contributed by atoms with E-state index < -0.39 is 23.3 Å². The number of benzene rings is 1. The summed E-state index contributed by atoms with van der Waals surface area (Å²) in [7, 11) is 1.32. The Morgan fingerprint density at radius 1 is 1.26 bits per heavy atom. The van der Waals surface area contributed by atoms with Crippen molar-refractivity contribution in [3.8, 4) is 0 Å². The van der Waals surface area contributed by atoms with Crippen molar-refractivity contribution >= 4 is 12.1 Å². The first-order valence-electron chi connectivity index (χ1n) is 9.00. The third-order valence-electron chi connectivity index (χ3n) is 5.19. The number of carbonyl (C=O) groups excluding carboxylic acids is 2. The Labute approximate surface area is 158 Å². The minimum Gasteiger partial charge on any atom is -0.468 e. The van der Waals surface area contributed by atoms with Crippen LogP contribution in [0.2, 0.25) is 0 Å². The van der Waals surface area contributed by atoms with Gasteiger partial charge in [-0.05, 0) is 12.0 Å². The molecule has 1 amide bonds. The van der Waals surface area contributed by atoms with Crippen LogP contribution in [0.1, 0.15) is 18.4 Å². The second-order valence-corrected chi connectivity index (χ2v) is 6.73. The van der Waals surface area contributed by atoms with Crippen molar-refractivity contribution in [2.24, 2.45) is 5.41 Å². The van der Waals surface area contributed by atoms with Crippen molar-refractivity contribution in [1.82, 2.24) is 4.90 Å². The number of hydrogen-bond acceptors (Lipinski definition) is 6. The molecule has 0 aliphatic carbocycles. The number of nitrogens with zero attached hydrogens (tertiary/aromatic N) is 1. The second-order valence-electron chi connectivity index (χ2n) is 6.73. The van der Waals surface area contributed by atoms with Gasteiger partial charge in [0.25, 0.3) is 0 Å². The van der Waals surface area contributed by atoms with Crippen molar-refractivity contribution in [2.75, 3.05) is 33.4 Å². The molecule has 27 heavy (non-hydrogen) atoms. The van der Waals surface area contributed by atoms with E-state index in [2.05, 4.69) is 6.58 Å². The highest BCUT2D eigenvalue weighted by Gasteiger charge is 2.64. The van der Waals surface area contributed by atoms with Crippen LogP contribution in [0.15, 0.2) is 43.0 Å². The number of methoxy groups -OCH3 is 1. The predicted molar refractivity (Wildman–Crippen MR) is 96.7 cm³/mol. The topological polar surface area (TPSA) is 74.3 Å². The molecule has 1 aromatic rings. The van der Waals surface area contributed by atoms with Gasteiger partial charge in [0.15, 0.2) is 5.79 Å². The smallest absolute Gasteiger partial charge is 0.410 e. The van der Waals surface area contributed by atoms with Crippen molar-refractivity contribution in [3.63, 3.8) is 0 Å². The summed E-state index contributed by atoms with van der Waals surface area (Å²) in [6.07, 6.45) is 1.77. The summed E-state index contributed by atoms with van der Waals surface area (Å²) >= 11 is 0. The highest BCUT2D eigenvalue weighted by molar-refractivity contribution is 5.80. The molecular formula is C20H25NO6. The van der Waals surface area contributed by atoms with Gasteiger partial charge in [-0.1, -0.05) is 36.4 Å². The highest BCUT2D eigenvalue weighted by atomic mass is 16.7. The van der Waals surface area contributed by atoms with Gasteiger partial charge in [0.1, 0.15) is 12.0 Å². The number of likely N-dealkylation sites (tertiary alicyclic amines) is 1. The average Bonchev–Trinajstić information content (AvgIpc) is 3.18. The van der Waals surface area contributed by atoms with Crippen LogP contribution in [0, 0.1) is 5.41 Å². The molecule has 0 radical (unpaired) electrons. The molecule has 1 atom stereocenters. The van der Waals surface area contributed by atoms with Gasteiger partial charge in [-0.2, -0.15) is 0 Å². The fourth-order valence-corrected chi connectivity index (χ4v) is 3.85. The highest BCUT2D eigenvalue weighted by Crippen LogP contribution is 2.48. The van der Waals surface area contributed by atoms with Gasteiger partial charge in [0, 0.05) is 19.5 Å². The van der Waals surface area contributed by atoms with Crippen LogP contribution >= 0.6 is 0 Å². The van der Waals surface area contributed by atoms with Gasteiger partial charge >= 0.3 is 12.1 Å². The van der Waals surface area contributed by atoms with E-state index in [0.717, 1.165) is 5.56 Å². The fraction of sp³-hybridized carbons (Fsp3) is 0.500. The molecule has 2 saturated heterocycles. The van der Waals surface area contributed by atoms with Crippen LogP contribution in [0.4, 0.5) is 4.79 Å². The number of amides is 1. The molecule has 2 aliphatic heterocycles. The van der Waals surface area contributed by atoms with Crippen LogP contribution in [0.3, 0.4) is 0 Å². The summed E-state index contributed by atoms with van der Waals surface area (Å²) in [5.41, 5.74) is -0.281. The second kappa shape index (κ2) is 8.10. The van der Waals surface area contributed by atoms with Crippen LogP contribution in [-0.4, -0.2) is 56.2 Å². The lowest BCUT2D eigenvalue weighted by Crippen LogP contribution is -2.65. The van der Waals surface area contributed by atoms with Crippen LogP contribution in [0.5, 0.6) is 0 Å². The number of ether oxygens (including phenoxy) is 4. The maximum absolute atomic E-state index is 12.8. The molecule has 0 aromatic heterocycles. The predicted octanol–water partition coefficient (Wildman–Crippen LogP) is 2.51. The summed E-state index contributed by atoms with van der Waals surface area (Å²) in [5.74, 6) is -1.59. The summed E-state index contributed by atoms with van der Waals surface area (Å²) in [4.78, 5) is 26.9. The maximum atomic E-state index is 12.8. The van der Waals surface area contributed by atoms with Gasteiger partial charge < -0.3 is 23.8 Å². The Morgan fingerprint density at radius 2 is 1.96 bits per heavy atom. The van der Waals surface area contributed by atoms with E-state index >= 15 is 0 Å². The first kappa shape index (κ1) is 19.4. The molecule has 0 bridgehead atoms. The largest absolute Gasteiger partial charge is 0.468 e. The molecular weight excluding hydrogens is 350 g/mol. The number of piperidine rings is 1. The fourth-order valence-electron chi connectivity index (χ4n) is 3.85. The molecule has 1 spiro atoms. The molecule has 146 valence electrons. The Hall–Kier alpha value is -2.38. The molecule has 1 aromatic carbocycles. The lowest BCUT2D eigenvalue weighted by Gasteiger charge is -2.50. The van der Waals surface area contributed by atoms with E-state index in [9.17, 15) is 9.59 Å². The normalized spacial score (nSPS) is 23.8. The number of allylic oxidation sites excluding steroid dienone is 1. The zero-order chi connectivity index (χ0) is 19.3. The summed E-state index contributed by atoms with van der Waals surface area (Å²) < 4.78 is 22.3. The zero-order valence-corrected chi connectivity index (χ0v) is 15.5. The van der Waals surface area contributed by atoms with E-state index in [0.29, 0.717) is 26.2 Å². The van der Waals surface area contributed by atoms with Crippen molar-refractivity contribution in [3.05, 3.63) is 48.6 Å². The van der Waals surface area contributed by atoms with E-state index in [1.807, 2.05) is 30.3 Å². The van der Waals surface area contributed by atoms with E-state index in [1.165, 1.54) is 12.0 Å². The minimum absolute atomic E-state index is 0.0827. The third-order valence-corrected chi connectivity index (χ3v) is 5.19. The molecule has 0 N–H and O–H groups in total. The number of rotatable bonds is 5. The zero-order valence-electron chi connectivity index (χ0n) is 15.5. The molecule has 0 saturated carbocycles. The summed E-state index contributed by atoms with van der Waals surface area (Å²) in [5, 5.41) is 0. The van der Waals surface area contributed by atoms with E-state index in [-0.39, 0.29) is 19.6 Å². The molecule has 7 heteroatoms. The van der Waals surface area contributed by atoms with Gasteiger partial charge in [-0.25, -0.2) is 4.79 Å². The number of esters is 1. The Kier molecular flexibility index (Phi) is 5.82. The van der Waals surface area contributed by atoms with Crippen molar-refractivity contribution in [1.29, 1.82) is 0 Å². The van der Waals surface area contributed by atoms with Crippen molar-refractivity contribution < 1.29 is 28.5 Å². The summed E-state index contributed by atoms with van der Waals surface area (Å²) in [6, 6.07) is 9.44. The molecule has 2 fully saturated rings. The monoisotopic (exact) mass is 375 g/mol. The molecule has 2 aliphatic rings. The molecule has 3 rings (SSSR count). The van der Waals surface area contributed by atoms with Gasteiger partial charge in [-0.15, -0.1) is 6.58 Å². The number of carbonyl (C=O) groups is 2. The molecule has 1 unspecified atom stereocenters. The Bertz CT molecular complexity index is 685.